The van der Waals surface area contributed by atoms with Crippen molar-refractivity contribution >= 4 is 6.08 Å². The molecule has 2 rings (SSSR count). The van der Waals surface area contributed by atoms with Gasteiger partial charge in [0, 0.05) is 0 Å². The highest BCUT2D eigenvalue weighted by atomic mass is 16.3. The summed E-state index contributed by atoms with van der Waals surface area (Å²) in [6.07, 6.45) is 5.03. The van der Waals surface area contributed by atoms with E-state index in [1.807, 2.05) is 13.0 Å². The third-order valence-electron chi connectivity index (χ3n) is 2.27. The van der Waals surface area contributed by atoms with Gasteiger partial charge in [0.2, 0.25) is 6.08 Å². The van der Waals surface area contributed by atoms with Crippen LogP contribution < -0.4 is 0 Å². The molecular formula is C9H9NO2. The van der Waals surface area contributed by atoms with E-state index in [-0.39, 0.29) is 5.54 Å². The molecule has 1 aliphatic carbocycles. The Morgan fingerprint density at radius 2 is 2.42 bits per heavy atom. The van der Waals surface area contributed by atoms with Crippen LogP contribution in [0.3, 0.4) is 0 Å². The molecule has 0 spiro atoms. The van der Waals surface area contributed by atoms with Crippen LogP contribution >= 0.6 is 0 Å². The molecule has 0 saturated heterocycles. The lowest BCUT2D eigenvalue weighted by atomic mass is 10.1. The van der Waals surface area contributed by atoms with E-state index >= 15 is 0 Å². The van der Waals surface area contributed by atoms with E-state index in [0.29, 0.717) is 0 Å². The maximum atomic E-state index is 10.1. The third kappa shape index (κ3) is 0.908. The van der Waals surface area contributed by atoms with E-state index in [4.69, 9.17) is 4.42 Å². The first-order valence-electron chi connectivity index (χ1n) is 3.92. The van der Waals surface area contributed by atoms with Gasteiger partial charge in [0.25, 0.3) is 0 Å². The summed E-state index contributed by atoms with van der Waals surface area (Å²) in [5.41, 5.74) is 0.710. The molecule has 1 fully saturated rings. The minimum Gasteiger partial charge on any atom is -0.466 e. The van der Waals surface area contributed by atoms with Crippen LogP contribution in [-0.2, 0) is 10.3 Å². The minimum atomic E-state index is -0.352. The highest BCUT2D eigenvalue weighted by Gasteiger charge is 2.48. The molecule has 1 aromatic rings. The van der Waals surface area contributed by atoms with Gasteiger partial charge in [0.1, 0.15) is 11.3 Å². The Balaban J connectivity index is 2.42. The predicted molar refractivity (Wildman–Crippen MR) is 42.5 cm³/mol. The van der Waals surface area contributed by atoms with Gasteiger partial charge < -0.3 is 4.42 Å². The van der Waals surface area contributed by atoms with Gasteiger partial charge in [-0.3, -0.25) is 0 Å². The first-order chi connectivity index (χ1) is 5.78. The van der Waals surface area contributed by atoms with Crippen molar-refractivity contribution in [2.75, 3.05) is 0 Å². The highest BCUT2D eigenvalue weighted by molar-refractivity contribution is 5.40. The van der Waals surface area contributed by atoms with E-state index in [9.17, 15) is 4.79 Å². The number of isocyanates is 1. The Bertz CT molecular complexity index is 343. The zero-order valence-electron chi connectivity index (χ0n) is 6.83. The average Bonchev–Trinajstić information content (AvgIpc) is 2.68. The molecule has 0 bridgehead atoms. The van der Waals surface area contributed by atoms with Gasteiger partial charge in [0.15, 0.2) is 0 Å². The summed E-state index contributed by atoms with van der Waals surface area (Å²) < 4.78 is 5.27. The van der Waals surface area contributed by atoms with Crippen molar-refractivity contribution in [2.24, 2.45) is 4.99 Å². The zero-order chi connectivity index (χ0) is 8.60. The fourth-order valence-corrected chi connectivity index (χ4v) is 1.44. The van der Waals surface area contributed by atoms with E-state index in [1.165, 1.54) is 0 Å². The number of furan rings is 1. The number of carbonyl (C=O) groups excluding carboxylic acids is 1. The van der Waals surface area contributed by atoms with Crippen molar-refractivity contribution in [3.8, 4) is 0 Å². The van der Waals surface area contributed by atoms with Crippen molar-refractivity contribution in [2.45, 2.75) is 25.3 Å². The Morgan fingerprint density at radius 3 is 2.83 bits per heavy atom. The van der Waals surface area contributed by atoms with Crippen LogP contribution in [0, 0.1) is 6.92 Å². The zero-order valence-corrected chi connectivity index (χ0v) is 6.83. The van der Waals surface area contributed by atoms with Crippen LogP contribution in [0.1, 0.15) is 24.2 Å². The lowest BCUT2D eigenvalue weighted by Gasteiger charge is -2.03. The third-order valence-corrected chi connectivity index (χ3v) is 2.27. The second-order valence-corrected chi connectivity index (χ2v) is 3.17. The molecule has 1 aliphatic rings. The molecule has 0 N–H and O–H groups in total. The second-order valence-electron chi connectivity index (χ2n) is 3.17. The summed E-state index contributed by atoms with van der Waals surface area (Å²) in [6, 6.07) is 1.88. The summed E-state index contributed by atoms with van der Waals surface area (Å²) >= 11 is 0. The second kappa shape index (κ2) is 2.32. The van der Waals surface area contributed by atoms with Crippen LogP contribution in [0.4, 0.5) is 0 Å². The molecule has 0 unspecified atom stereocenters. The lowest BCUT2D eigenvalue weighted by molar-refractivity contribution is 0.452. The average molecular weight is 163 g/mol. The number of aryl methyl sites for hydroxylation is 1. The smallest absolute Gasteiger partial charge is 0.235 e. The fraction of sp³-hybridized carbons (Fsp3) is 0.444. The minimum absolute atomic E-state index is 0.352. The molecular weight excluding hydrogens is 154 g/mol. The molecule has 0 aromatic carbocycles. The molecule has 1 heterocycles. The van der Waals surface area contributed by atoms with Crippen LogP contribution in [0.25, 0.3) is 0 Å². The van der Waals surface area contributed by atoms with Crippen molar-refractivity contribution in [1.29, 1.82) is 0 Å². The van der Waals surface area contributed by atoms with Crippen LogP contribution in [0.5, 0.6) is 0 Å². The van der Waals surface area contributed by atoms with Crippen molar-refractivity contribution < 1.29 is 9.21 Å². The van der Waals surface area contributed by atoms with Crippen LogP contribution in [0.2, 0.25) is 0 Å². The van der Waals surface area contributed by atoms with Gasteiger partial charge in [-0.15, -0.1) is 0 Å². The first-order valence-corrected chi connectivity index (χ1v) is 3.92. The van der Waals surface area contributed by atoms with Gasteiger partial charge in [-0.05, 0) is 31.4 Å². The Kier molecular flexibility index (Phi) is 1.42. The highest BCUT2D eigenvalue weighted by Crippen LogP contribution is 2.50. The van der Waals surface area contributed by atoms with Crippen LogP contribution in [0.15, 0.2) is 21.7 Å². The fourth-order valence-electron chi connectivity index (χ4n) is 1.44. The number of hydrogen-bond donors (Lipinski definition) is 0. The Morgan fingerprint density at radius 1 is 1.67 bits per heavy atom. The van der Waals surface area contributed by atoms with Crippen LogP contribution in [-0.4, -0.2) is 6.08 Å². The SMILES string of the molecule is Cc1ccoc1C1(N=C=O)CC1. The lowest BCUT2D eigenvalue weighted by Crippen LogP contribution is -2.01. The van der Waals surface area contributed by atoms with Gasteiger partial charge in [-0.1, -0.05) is 0 Å². The van der Waals surface area contributed by atoms with Gasteiger partial charge in [-0.25, -0.2) is 4.79 Å². The topological polar surface area (TPSA) is 42.6 Å². The number of hydrogen-bond acceptors (Lipinski definition) is 3. The van der Waals surface area contributed by atoms with Gasteiger partial charge in [-0.2, -0.15) is 4.99 Å². The summed E-state index contributed by atoms with van der Waals surface area (Å²) in [4.78, 5) is 13.9. The number of nitrogens with zero attached hydrogens (tertiary/aromatic N) is 1. The summed E-state index contributed by atoms with van der Waals surface area (Å²) in [6.45, 7) is 1.96. The van der Waals surface area contributed by atoms with Crippen molar-refractivity contribution in [3.63, 3.8) is 0 Å². The molecule has 62 valence electrons. The monoisotopic (exact) mass is 163 g/mol. The van der Waals surface area contributed by atoms with E-state index in [2.05, 4.69) is 4.99 Å². The molecule has 12 heavy (non-hydrogen) atoms. The largest absolute Gasteiger partial charge is 0.466 e. The summed E-state index contributed by atoms with van der Waals surface area (Å²) in [7, 11) is 0. The van der Waals surface area contributed by atoms with E-state index in [1.54, 1.807) is 12.3 Å². The van der Waals surface area contributed by atoms with Crippen molar-refractivity contribution in [3.05, 3.63) is 23.7 Å². The summed E-state index contributed by atoms with van der Waals surface area (Å²) in [5, 5.41) is 0. The first kappa shape index (κ1) is 7.32. The molecule has 0 radical (unpaired) electrons. The molecule has 0 aliphatic heterocycles. The van der Waals surface area contributed by atoms with Gasteiger partial charge in [0.05, 0.1) is 6.26 Å². The quantitative estimate of drug-likeness (QED) is 0.493. The summed E-state index contributed by atoms with van der Waals surface area (Å²) in [5.74, 6) is 0.825. The molecule has 0 atom stereocenters. The number of rotatable bonds is 2. The number of aliphatic imine (C=N–C) groups is 1. The van der Waals surface area contributed by atoms with Gasteiger partial charge >= 0.3 is 0 Å². The standard InChI is InChI=1S/C9H9NO2/c1-7-2-5-12-8(7)9(3-4-9)10-6-11/h2,5H,3-4H2,1H3. The Labute approximate surface area is 70.1 Å². The molecule has 3 nitrogen and oxygen atoms in total. The Hall–Kier alpha value is -1.34. The molecule has 0 amide bonds. The maximum absolute atomic E-state index is 10.1. The van der Waals surface area contributed by atoms with Crippen molar-refractivity contribution in [1.82, 2.24) is 0 Å². The molecule has 1 saturated carbocycles. The normalized spacial score (nSPS) is 18.4. The van der Waals surface area contributed by atoms with E-state index in [0.717, 1.165) is 24.2 Å². The van der Waals surface area contributed by atoms with E-state index < -0.39 is 0 Å². The molecule has 3 heteroatoms. The predicted octanol–water partition coefficient (Wildman–Crippen LogP) is 1.91. The maximum Gasteiger partial charge on any atom is 0.235 e. The molecule has 1 aromatic heterocycles.